The van der Waals surface area contributed by atoms with Crippen LogP contribution in [0.1, 0.15) is 32.4 Å². The van der Waals surface area contributed by atoms with E-state index in [2.05, 4.69) is 10.1 Å². The van der Waals surface area contributed by atoms with Crippen molar-refractivity contribution in [3.63, 3.8) is 0 Å². The Bertz CT molecular complexity index is 1710. The van der Waals surface area contributed by atoms with Crippen LogP contribution in [-0.4, -0.2) is 42.5 Å². The Morgan fingerprint density at radius 1 is 1.05 bits per heavy atom. The summed E-state index contributed by atoms with van der Waals surface area (Å²) in [5.41, 5.74) is 1.65. The number of aromatic nitrogens is 1. The van der Waals surface area contributed by atoms with E-state index in [1.807, 2.05) is 32.0 Å². The highest BCUT2D eigenvalue weighted by Gasteiger charge is 2.35. The molecule has 0 saturated carbocycles. The van der Waals surface area contributed by atoms with Crippen molar-refractivity contribution in [3.8, 4) is 11.5 Å². The van der Waals surface area contributed by atoms with E-state index < -0.39 is 17.9 Å². The number of carbonyl (C=O) groups is 2. The first-order chi connectivity index (χ1) is 19.4. The molecule has 2 aromatic carbocycles. The monoisotopic (exact) mass is 560 g/mol. The molecule has 1 aromatic heterocycles. The van der Waals surface area contributed by atoms with Crippen molar-refractivity contribution >= 4 is 40.7 Å². The number of hydrogen-bond donors (Lipinski definition) is 0. The predicted molar refractivity (Wildman–Crippen MR) is 151 cm³/mol. The Kier molecular flexibility index (Phi) is 7.65. The molecule has 5 rings (SSSR count). The second-order valence-corrected chi connectivity index (χ2v) is 9.98. The number of thiazole rings is 1. The van der Waals surface area contributed by atoms with Crippen molar-refractivity contribution in [1.82, 2.24) is 4.57 Å². The number of benzene rings is 2. The van der Waals surface area contributed by atoms with Crippen LogP contribution in [0.3, 0.4) is 0 Å². The lowest BCUT2D eigenvalue weighted by atomic mass is 9.97. The summed E-state index contributed by atoms with van der Waals surface area (Å²) < 4.78 is 18.3. The molecule has 0 radical (unpaired) electrons. The van der Waals surface area contributed by atoms with Gasteiger partial charge in [-0.2, -0.15) is 10.1 Å². The minimum Gasteiger partial charge on any atom is -0.490 e. The highest BCUT2D eigenvalue weighted by molar-refractivity contribution is 7.07. The number of esters is 1. The zero-order valence-corrected chi connectivity index (χ0v) is 23.3. The van der Waals surface area contributed by atoms with Gasteiger partial charge < -0.3 is 14.2 Å². The summed E-state index contributed by atoms with van der Waals surface area (Å²) >= 11 is 1.15. The van der Waals surface area contributed by atoms with E-state index >= 15 is 0 Å². The van der Waals surface area contributed by atoms with E-state index in [-0.39, 0.29) is 17.0 Å². The average Bonchev–Trinajstić information content (AvgIpc) is 3.44. The molecule has 3 aromatic rings. The molecule has 2 atom stereocenters. The van der Waals surface area contributed by atoms with Crippen LogP contribution in [0, 0.1) is 5.92 Å². The largest absolute Gasteiger partial charge is 0.490 e. The molecule has 40 heavy (non-hydrogen) atoms. The Morgan fingerprint density at radius 2 is 1.77 bits per heavy atom. The van der Waals surface area contributed by atoms with Crippen molar-refractivity contribution in [3.05, 3.63) is 85.6 Å². The topological polar surface area (TPSA) is 112 Å². The lowest BCUT2D eigenvalue weighted by Crippen LogP contribution is -2.39. The molecule has 11 heteroatoms. The lowest BCUT2D eigenvalue weighted by Gasteiger charge is -2.23. The van der Waals surface area contributed by atoms with Crippen LogP contribution >= 0.6 is 11.3 Å². The molecule has 206 valence electrons. The number of ether oxygens (including phenoxy) is 3. The second kappa shape index (κ2) is 11.3. The number of nitrogens with zero attached hydrogens (tertiary/aromatic N) is 4. The standard InChI is InChI=1S/C29H28N4O6S/c1-5-38-22-13-12-18(14-23(22)39-6-2)25-21(28(36)37-4)16-30-29-32(25)27(35)24(40-29)15-20-17(3)31-33(26(20)34)19-10-8-7-9-11-19/h7-16,20,25H,5-6H2,1-4H3/b24-15-/t20-,25+/m0/s1. The van der Waals surface area contributed by atoms with Crippen LogP contribution < -0.4 is 29.4 Å². The first kappa shape index (κ1) is 27.1. The molecule has 0 saturated heterocycles. The maximum absolute atomic E-state index is 13.9. The number of para-hydroxylation sites is 1. The van der Waals surface area contributed by atoms with Crippen LogP contribution in [0.15, 0.2) is 75.2 Å². The molecular formula is C29H28N4O6S. The van der Waals surface area contributed by atoms with Gasteiger partial charge in [-0.3, -0.25) is 14.2 Å². The highest BCUT2D eigenvalue weighted by atomic mass is 32.1. The van der Waals surface area contributed by atoms with Gasteiger partial charge in [0.1, 0.15) is 5.92 Å². The molecule has 0 spiro atoms. The van der Waals surface area contributed by atoms with Gasteiger partial charge in [-0.1, -0.05) is 35.6 Å². The number of methoxy groups -OCH3 is 1. The van der Waals surface area contributed by atoms with E-state index in [1.165, 1.54) is 22.9 Å². The molecule has 10 nitrogen and oxygen atoms in total. The smallest absolute Gasteiger partial charge is 0.337 e. The summed E-state index contributed by atoms with van der Waals surface area (Å²) in [5.74, 6) is -0.525. The lowest BCUT2D eigenvalue weighted by molar-refractivity contribution is -0.136. The van der Waals surface area contributed by atoms with Gasteiger partial charge in [-0.25, -0.2) is 9.79 Å². The van der Waals surface area contributed by atoms with Crippen LogP contribution in [0.5, 0.6) is 11.5 Å². The summed E-state index contributed by atoms with van der Waals surface area (Å²) in [6.45, 7) is 6.35. The molecule has 0 aliphatic carbocycles. The summed E-state index contributed by atoms with van der Waals surface area (Å²) in [6, 6.07) is 13.6. The quantitative estimate of drug-likeness (QED) is 0.392. The summed E-state index contributed by atoms with van der Waals surface area (Å²) in [7, 11) is 1.28. The molecule has 2 aliphatic rings. The summed E-state index contributed by atoms with van der Waals surface area (Å²) in [5, 5.41) is 5.78. The van der Waals surface area contributed by atoms with Gasteiger partial charge in [0.15, 0.2) is 16.3 Å². The molecule has 3 heterocycles. The number of hydrogen-bond acceptors (Lipinski definition) is 9. The van der Waals surface area contributed by atoms with Crippen molar-refractivity contribution in [2.45, 2.75) is 26.8 Å². The fourth-order valence-corrected chi connectivity index (χ4v) is 5.66. The SMILES string of the molecule is CCOc1ccc([C@@H]2C(C(=O)OC)=CN=c3s/c(=C\[C@@H]4C(=O)N(c5ccccc5)N=C4C)c(=O)n32)cc1OCC. The molecule has 0 bridgehead atoms. The first-order valence-corrected chi connectivity index (χ1v) is 13.6. The molecule has 2 aliphatic heterocycles. The third-order valence-corrected chi connectivity index (χ3v) is 7.52. The summed E-state index contributed by atoms with van der Waals surface area (Å²) in [6.07, 6.45) is 3.05. The van der Waals surface area contributed by atoms with Crippen molar-refractivity contribution in [1.29, 1.82) is 0 Å². The minimum atomic E-state index is -0.824. The van der Waals surface area contributed by atoms with Gasteiger partial charge in [0.05, 0.1) is 47.9 Å². The number of hydrazone groups is 1. The van der Waals surface area contributed by atoms with Crippen molar-refractivity contribution in [2.75, 3.05) is 25.3 Å². The third-order valence-electron chi connectivity index (χ3n) is 6.51. The van der Waals surface area contributed by atoms with Crippen molar-refractivity contribution < 1.29 is 23.8 Å². The van der Waals surface area contributed by atoms with Crippen LogP contribution in [0.4, 0.5) is 5.69 Å². The fraction of sp³-hybridized carbons (Fsp3) is 0.276. The number of rotatable bonds is 8. The maximum atomic E-state index is 13.9. The third kappa shape index (κ3) is 4.84. The second-order valence-electron chi connectivity index (χ2n) is 8.98. The number of carbonyl (C=O) groups excluding carboxylic acids is 2. The number of fused-ring (bicyclic) bond motifs is 1. The molecular weight excluding hydrogens is 532 g/mol. The first-order valence-electron chi connectivity index (χ1n) is 12.8. The Labute approximate surface area is 234 Å². The molecule has 0 fully saturated rings. The fourth-order valence-electron chi connectivity index (χ4n) is 4.68. The molecule has 0 N–H and O–H groups in total. The van der Waals surface area contributed by atoms with E-state index in [4.69, 9.17) is 14.2 Å². The van der Waals surface area contributed by atoms with Gasteiger partial charge in [0, 0.05) is 6.20 Å². The number of anilines is 1. The Hall–Kier alpha value is -4.51. The Morgan fingerprint density at radius 3 is 2.48 bits per heavy atom. The van der Waals surface area contributed by atoms with Gasteiger partial charge in [-0.15, -0.1) is 0 Å². The van der Waals surface area contributed by atoms with Gasteiger partial charge >= 0.3 is 5.97 Å². The van der Waals surface area contributed by atoms with E-state index in [0.29, 0.717) is 51.0 Å². The molecule has 1 amide bonds. The molecule has 0 unspecified atom stereocenters. The number of amides is 1. The van der Waals surface area contributed by atoms with Gasteiger partial charge in [0.2, 0.25) is 0 Å². The summed E-state index contributed by atoms with van der Waals surface area (Å²) in [4.78, 5) is 44.7. The predicted octanol–water partition coefficient (Wildman–Crippen LogP) is 2.81. The Balaban J connectivity index is 1.61. The maximum Gasteiger partial charge on any atom is 0.337 e. The van der Waals surface area contributed by atoms with Crippen LogP contribution in [-0.2, 0) is 14.3 Å². The van der Waals surface area contributed by atoms with E-state index in [9.17, 15) is 14.4 Å². The highest BCUT2D eigenvalue weighted by Crippen LogP contribution is 2.35. The van der Waals surface area contributed by atoms with E-state index in [0.717, 1.165) is 11.3 Å². The van der Waals surface area contributed by atoms with Crippen LogP contribution in [0.2, 0.25) is 0 Å². The normalized spacial score (nSPS) is 18.6. The van der Waals surface area contributed by atoms with Gasteiger partial charge in [0.25, 0.3) is 11.5 Å². The zero-order chi connectivity index (χ0) is 28.4. The zero-order valence-electron chi connectivity index (χ0n) is 22.5. The van der Waals surface area contributed by atoms with Crippen LogP contribution in [0.25, 0.3) is 6.08 Å². The van der Waals surface area contributed by atoms with Gasteiger partial charge in [-0.05, 0) is 56.7 Å². The minimum absolute atomic E-state index is 0.193. The average molecular weight is 561 g/mol. The van der Waals surface area contributed by atoms with Crippen molar-refractivity contribution in [2.24, 2.45) is 16.0 Å². The van der Waals surface area contributed by atoms with E-state index in [1.54, 1.807) is 43.3 Å².